The van der Waals surface area contributed by atoms with E-state index in [4.69, 9.17) is 9.47 Å². The largest absolute Gasteiger partial charge is 0.497 e. The van der Waals surface area contributed by atoms with E-state index in [1.807, 2.05) is 31.2 Å². The van der Waals surface area contributed by atoms with E-state index in [-0.39, 0.29) is 41.0 Å². The summed E-state index contributed by atoms with van der Waals surface area (Å²) >= 11 is 0. The van der Waals surface area contributed by atoms with Gasteiger partial charge in [-0.1, -0.05) is 19.1 Å². The number of fused-ring (bicyclic) bond motifs is 1. The van der Waals surface area contributed by atoms with Crippen molar-refractivity contribution >= 4 is 11.6 Å². The molecule has 2 aliphatic carbocycles. The van der Waals surface area contributed by atoms with Crippen LogP contribution < -0.4 is 4.74 Å². The van der Waals surface area contributed by atoms with Crippen LogP contribution in [0.1, 0.15) is 25.3 Å². The van der Waals surface area contributed by atoms with Gasteiger partial charge in [-0.25, -0.2) is 0 Å². The predicted octanol–water partition coefficient (Wildman–Crippen LogP) is 2.73. The number of rotatable bonds is 3. The summed E-state index contributed by atoms with van der Waals surface area (Å²) in [5.74, 6) is 0.743. The molecular weight excluding hydrogens is 280 g/mol. The molecule has 0 saturated heterocycles. The Hall–Kier alpha value is -2.10. The molecule has 4 atom stereocenters. The van der Waals surface area contributed by atoms with Crippen molar-refractivity contribution in [3.8, 4) is 5.75 Å². The third-order valence-electron chi connectivity index (χ3n) is 5.15. The molecular formula is C18H20O4. The molecule has 4 nitrogen and oxygen atoms in total. The highest BCUT2D eigenvalue weighted by atomic mass is 16.5. The van der Waals surface area contributed by atoms with Gasteiger partial charge in [0.05, 0.1) is 14.2 Å². The first kappa shape index (κ1) is 14.8. The number of hydrogen-bond donors (Lipinski definition) is 0. The summed E-state index contributed by atoms with van der Waals surface area (Å²) in [6, 6.07) is 7.74. The van der Waals surface area contributed by atoms with Crippen LogP contribution in [0.5, 0.6) is 5.75 Å². The number of ether oxygens (including phenoxy) is 2. The Kier molecular flexibility index (Phi) is 3.55. The van der Waals surface area contributed by atoms with Gasteiger partial charge in [0.2, 0.25) is 5.78 Å². The molecule has 1 aromatic carbocycles. The zero-order valence-corrected chi connectivity index (χ0v) is 13.3. The first-order valence-electron chi connectivity index (χ1n) is 7.48. The number of hydrogen-bond acceptors (Lipinski definition) is 4. The van der Waals surface area contributed by atoms with Crippen LogP contribution in [0, 0.1) is 17.8 Å². The summed E-state index contributed by atoms with van der Waals surface area (Å²) in [7, 11) is 3.08. The summed E-state index contributed by atoms with van der Waals surface area (Å²) in [4.78, 5) is 25.1. The van der Waals surface area contributed by atoms with Crippen LogP contribution >= 0.6 is 0 Å². The molecule has 116 valence electrons. The van der Waals surface area contributed by atoms with Gasteiger partial charge in [-0.15, -0.1) is 0 Å². The van der Waals surface area contributed by atoms with Crippen LogP contribution in [0.3, 0.4) is 0 Å². The van der Waals surface area contributed by atoms with E-state index in [0.717, 1.165) is 11.3 Å². The summed E-state index contributed by atoms with van der Waals surface area (Å²) < 4.78 is 10.4. The van der Waals surface area contributed by atoms with E-state index in [0.29, 0.717) is 5.57 Å². The maximum absolute atomic E-state index is 12.7. The van der Waals surface area contributed by atoms with Crippen LogP contribution in [0.25, 0.3) is 0 Å². The van der Waals surface area contributed by atoms with E-state index in [2.05, 4.69) is 0 Å². The highest BCUT2D eigenvalue weighted by molar-refractivity contribution is 6.14. The Labute approximate surface area is 130 Å². The lowest BCUT2D eigenvalue weighted by Gasteiger charge is -2.51. The Bertz CT molecular complexity index is 656. The predicted molar refractivity (Wildman–Crippen MR) is 81.6 cm³/mol. The molecule has 0 aromatic heterocycles. The standard InChI is InChI=1S/C18H20O4/c1-9-13(11-5-7-12(21-3)8-6-11)15-14(9)16(19)10(2)18(22-4)17(15)20/h5-9,13-15H,1-4H3/t9-,13+,14?,15?/m1/s1. The van der Waals surface area contributed by atoms with Gasteiger partial charge in [-0.2, -0.15) is 0 Å². The molecule has 1 aromatic rings. The lowest BCUT2D eigenvalue weighted by molar-refractivity contribution is -0.145. The number of benzene rings is 1. The average Bonchev–Trinajstić information content (AvgIpc) is 2.52. The molecule has 2 aliphatic rings. The second-order valence-corrected chi connectivity index (χ2v) is 6.10. The third kappa shape index (κ3) is 1.90. The maximum atomic E-state index is 12.7. The zero-order valence-electron chi connectivity index (χ0n) is 13.3. The fourth-order valence-electron chi connectivity index (χ4n) is 3.97. The van der Waals surface area contributed by atoms with Crippen molar-refractivity contribution in [1.82, 2.24) is 0 Å². The van der Waals surface area contributed by atoms with Crippen LogP contribution in [-0.2, 0) is 14.3 Å². The maximum Gasteiger partial charge on any atom is 0.202 e. The molecule has 1 saturated carbocycles. The molecule has 1 fully saturated rings. The molecule has 2 unspecified atom stereocenters. The third-order valence-corrected chi connectivity index (χ3v) is 5.15. The molecule has 0 spiro atoms. The van der Waals surface area contributed by atoms with E-state index < -0.39 is 0 Å². The number of carbonyl (C=O) groups excluding carboxylic acids is 2. The lowest BCUT2D eigenvalue weighted by Crippen LogP contribution is -2.55. The van der Waals surface area contributed by atoms with Gasteiger partial charge >= 0.3 is 0 Å². The number of carbonyl (C=O) groups is 2. The molecule has 0 heterocycles. The van der Waals surface area contributed by atoms with E-state index >= 15 is 0 Å². The molecule has 0 radical (unpaired) electrons. The molecule has 3 rings (SSSR count). The smallest absolute Gasteiger partial charge is 0.202 e. The van der Waals surface area contributed by atoms with Crippen molar-refractivity contribution in [3.63, 3.8) is 0 Å². The van der Waals surface area contributed by atoms with Crippen LogP contribution in [-0.4, -0.2) is 25.8 Å². The van der Waals surface area contributed by atoms with Gasteiger partial charge in [0.1, 0.15) is 5.75 Å². The van der Waals surface area contributed by atoms with E-state index in [1.54, 1.807) is 14.0 Å². The molecule has 22 heavy (non-hydrogen) atoms. The number of ketones is 2. The number of Topliss-reactive ketones (excluding diaryl/α,β-unsaturated/α-hetero) is 2. The average molecular weight is 300 g/mol. The number of methoxy groups -OCH3 is 2. The second-order valence-electron chi connectivity index (χ2n) is 6.10. The Morgan fingerprint density at radius 3 is 2.05 bits per heavy atom. The second kappa shape index (κ2) is 5.27. The first-order chi connectivity index (χ1) is 10.5. The summed E-state index contributed by atoms with van der Waals surface area (Å²) in [6.45, 7) is 3.73. The Morgan fingerprint density at radius 2 is 1.50 bits per heavy atom. The van der Waals surface area contributed by atoms with Gasteiger partial charge in [0.25, 0.3) is 0 Å². The topological polar surface area (TPSA) is 52.6 Å². The fourth-order valence-corrected chi connectivity index (χ4v) is 3.97. The molecule has 4 heteroatoms. The molecule has 0 aliphatic heterocycles. The molecule has 0 N–H and O–H groups in total. The van der Waals surface area contributed by atoms with Crippen molar-refractivity contribution in [2.75, 3.05) is 14.2 Å². The normalized spacial score (nSPS) is 30.7. The van der Waals surface area contributed by atoms with Gasteiger partial charge < -0.3 is 9.47 Å². The van der Waals surface area contributed by atoms with Crippen LogP contribution in [0.15, 0.2) is 35.6 Å². The summed E-state index contributed by atoms with van der Waals surface area (Å²) in [5.41, 5.74) is 1.54. The first-order valence-corrected chi connectivity index (χ1v) is 7.48. The fraction of sp³-hybridized carbons (Fsp3) is 0.444. The summed E-state index contributed by atoms with van der Waals surface area (Å²) in [5, 5.41) is 0. The van der Waals surface area contributed by atoms with Crippen molar-refractivity contribution in [2.24, 2.45) is 17.8 Å². The Morgan fingerprint density at radius 1 is 0.864 bits per heavy atom. The van der Waals surface area contributed by atoms with Crippen LogP contribution in [0.4, 0.5) is 0 Å². The minimum absolute atomic E-state index is 0.0384. The molecule has 0 amide bonds. The van der Waals surface area contributed by atoms with Gasteiger partial charge in [-0.3, -0.25) is 9.59 Å². The SMILES string of the molecule is COC1=C(C)C(=O)C2C(C1=O)[C@H](c1ccc(OC)cc1)[C@H]2C. The highest BCUT2D eigenvalue weighted by Gasteiger charge is 2.58. The van der Waals surface area contributed by atoms with Crippen molar-refractivity contribution < 1.29 is 19.1 Å². The van der Waals surface area contributed by atoms with Crippen molar-refractivity contribution in [3.05, 3.63) is 41.2 Å². The summed E-state index contributed by atoms with van der Waals surface area (Å²) in [6.07, 6.45) is 0. The Balaban J connectivity index is 1.97. The van der Waals surface area contributed by atoms with E-state index in [9.17, 15) is 9.59 Å². The monoisotopic (exact) mass is 300 g/mol. The van der Waals surface area contributed by atoms with Gasteiger partial charge in [0.15, 0.2) is 11.5 Å². The quantitative estimate of drug-likeness (QED) is 0.861. The van der Waals surface area contributed by atoms with Gasteiger partial charge in [-0.05, 0) is 36.5 Å². The highest BCUT2D eigenvalue weighted by Crippen LogP contribution is 2.56. The van der Waals surface area contributed by atoms with E-state index in [1.165, 1.54) is 7.11 Å². The van der Waals surface area contributed by atoms with Crippen LogP contribution in [0.2, 0.25) is 0 Å². The zero-order chi connectivity index (χ0) is 16.0. The lowest BCUT2D eigenvalue weighted by atomic mass is 9.50. The minimum atomic E-state index is -0.297. The number of allylic oxidation sites excluding steroid dienone is 2. The van der Waals surface area contributed by atoms with Crippen molar-refractivity contribution in [1.29, 1.82) is 0 Å². The van der Waals surface area contributed by atoms with Crippen molar-refractivity contribution in [2.45, 2.75) is 19.8 Å². The minimum Gasteiger partial charge on any atom is -0.497 e. The molecule has 0 bridgehead atoms. The van der Waals surface area contributed by atoms with Gasteiger partial charge in [0, 0.05) is 17.4 Å².